The normalized spacial score (nSPS) is 18.9. The molecule has 7 heteroatoms. The summed E-state index contributed by atoms with van der Waals surface area (Å²) in [5.74, 6) is 0.198. The molecule has 1 saturated heterocycles. The maximum atomic E-state index is 11.9. The Hall–Kier alpha value is -3.22. The van der Waals surface area contributed by atoms with Gasteiger partial charge >= 0.3 is 6.16 Å². The van der Waals surface area contributed by atoms with Crippen LogP contribution in [-0.4, -0.2) is 36.9 Å². The summed E-state index contributed by atoms with van der Waals surface area (Å²) >= 11 is 0. The van der Waals surface area contributed by atoms with Gasteiger partial charge in [0.15, 0.2) is 17.6 Å². The van der Waals surface area contributed by atoms with Crippen LogP contribution in [0.3, 0.4) is 0 Å². The van der Waals surface area contributed by atoms with E-state index in [1.165, 1.54) is 0 Å². The first-order valence-electron chi connectivity index (χ1n) is 8.10. The van der Waals surface area contributed by atoms with E-state index < -0.39 is 24.1 Å². The standard InChI is InChI=1S/C19H19NO6/c1-24-15-8-7-13(14-10-20-18(21)17(14)26-19(22)23)9-16(15)25-11-12-5-3-2-4-6-12/h2-9,14,17H,10-11H2,1H3,(H,20,21)(H,22,23). The van der Waals surface area contributed by atoms with E-state index in [4.69, 9.17) is 19.3 Å². The Morgan fingerprint density at radius 2 is 1.96 bits per heavy atom. The first kappa shape index (κ1) is 17.6. The van der Waals surface area contributed by atoms with Crippen LogP contribution in [0.4, 0.5) is 4.79 Å². The zero-order chi connectivity index (χ0) is 18.5. The summed E-state index contributed by atoms with van der Waals surface area (Å²) in [5, 5.41) is 11.5. The highest BCUT2D eigenvalue weighted by molar-refractivity contribution is 5.86. The molecule has 2 atom stereocenters. The van der Waals surface area contributed by atoms with Crippen LogP contribution in [-0.2, 0) is 16.1 Å². The molecular formula is C19H19NO6. The monoisotopic (exact) mass is 357 g/mol. The minimum atomic E-state index is -1.48. The molecule has 2 N–H and O–H groups in total. The van der Waals surface area contributed by atoms with Gasteiger partial charge in [0.05, 0.1) is 7.11 Å². The molecule has 0 radical (unpaired) electrons. The average Bonchev–Trinajstić information content (AvgIpc) is 3.00. The fourth-order valence-electron chi connectivity index (χ4n) is 2.91. The van der Waals surface area contributed by atoms with Crippen LogP contribution in [0.25, 0.3) is 0 Å². The molecule has 2 aromatic rings. The van der Waals surface area contributed by atoms with Crippen molar-refractivity contribution in [3.05, 3.63) is 59.7 Å². The van der Waals surface area contributed by atoms with Crippen LogP contribution in [0.2, 0.25) is 0 Å². The Bertz CT molecular complexity index is 792. The number of benzene rings is 2. The maximum Gasteiger partial charge on any atom is 0.506 e. The van der Waals surface area contributed by atoms with E-state index >= 15 is 0 Å². The van der Waals surface area contributed by atoms with E-state index in [9.17, 15) is 9.59 Å². The maximum absolute atomic E-state index is 11.9. The molecule has 7 nitrogen and oxygen atoms in total. The molecule has 1 aliphatic rings. The van der Waals surface area contributed by atoms with Crippen LogP contribution >= 0.6 is 0 Å². The number of hydrogen-bond acceptors (Lipinski definition) is 5. The van der Waals surface area contributed by atoms with Crippen molar-refractivity contribution in [2.45, 2.75) is 18.6 Å². The molecule has 1 heterocycles. The quantitative estimate of drug-likeness (QED) is 0.772. The molecule has 2 aromatic carbocycles. The van der Waals surface area contributed by atoms with Crippen molar-refractivity contribution in [3.8, 4) is 11.5 Å². The Kier molecular flexibility index (Phi) is 5.26. The molecule has 2 unspecified atom stereocenters. The number of nitrogens with one attached hydrogen (secondary N) is 1. The molecule has 0 aromatic heterocycles. The summed E-state index contributed by atoms with van der Waals surface area (Å²) in [6.45, 7) is 0.652. The molecular weight excluding hydrogens is 338 g/mol. The van der Waals surface area contributed by atoms with Gasteiger partial charge in [-0.2, -0.15) is 0 Å². The first-order chi connectivity index (χ1) is 12.6. The molecule has 136 valence electrons. The summed E-state index contributed by atoms with van der Waals surface area (Å²) < 4.78 is 15.9. The van der Waals surface area contributed by atoms with Crippen LogP contribution in [0.1, 0.15) is 17.0 Å². The minimum Gasteiger partial charge on any atom is -0.493 e. The van der Waals surface area contributed by atoms with E-state index in [1.54, 1.807) is 25.3 Å². The van der Waals surface area contributed by atoms with Crippen molar-refractivity contribution in [1.29, 1.82) is 0 Å². The van der Waals surface area contributed by atoms with Crippen molar-refractivity contribution in [2.75, 3.05) is 13.7 Å². The average molecular weight is 357 g/mol. The highest BCUT2D eigenvalue weighted by Crippen LogP contribution is 2.34. The van der Waals surface area contributed by atoms with Gasteiger partial charge in [-0.3, -0.25) is 4.79 Å². The van der Waals surface area contributed by atoms with E-state index in [0.717, 1.165) is 11.1 Å². The second-order valence-corrected chi connectivity index (χ2v) is 5.84. The van der Waals surface area contributed by atoms with Crippen molar-refractivity contribution < 1.29 is 28.9 Å². The van der Waals surface area contributed by atoms with Crippen molar-refractivity contribution in [2.24, 2.45) is 0 Å². The molecule has 26 heavy (non-hydrogen) atoms. The number of amides is 1. The lowest BCUT2D eigenvalue weighted by molar-refractivity contribution is -0.127. The lowest BCUT2D eigenvalue weighted by atomic mass is 9.95. The second kappa shape index (κ2) is 7.77. The lowest BCUT2D eigenvalue weighted by Crippen LogP contribution is -2.29. The molecule has 1 aliphatic heterocycles. The number of carboxylic acid groups (broad SMARTS) is 1. The topological polar surface area (TPSA) is 94.1 Å². The molecule has 1 amide bonds. The first-order valence-corrected chi connectivity index (χ1v) is 8.10. The molecule has 0 aliphatic carbocycles. The highest BCUT2D eigenvalue weighted by atomic mass is 16.7. The van der Waals surface area contributed by atoms with Gasteiger partial charge in [0.1, 0.15) is 6.61 Å². The third-order valence-corrected chi connectivity index (χ3v) is 4.20. The molecule has 0 bridgehead atoms. The second-order valence-electron chi connectivity index (χ2n) is 5.84. The predicted molar refractivity (Wildman–Crippen MR) is 92.4 cm³/mol. The van der Waals surface area contributed by atoms with Crippen molar-refractivity contribution in [3.63, 3.8) is 0 Å². The molecule has 0 spiro atoms. The summed E-state index contributed by atoms with van der Waals surface area (Å²) in [5.41, 5.74) is 1.74. The van der Waals surface area contributed by atoms with Gasteiger partial charge in [0, 0.05) is 12.5 Å². The zero-order valence-corrected chi connectivity index (χ0v) is 14.2. The number of methoxy groups -OCH3 is 1. The van der Waals surface area contributed by atoms with E-state index in [2.05, 4.69) is 5.32 Å². The van der Waals surface area contributed by atoms with E-state index in [-0.39, 0.29) is 0 Å². The van der Waals surface area contributed by atoms with Gasteiger partial charge in [-0.15, -0.1) is 0 Å². The van der Waals surface area contributed by atoms with Gasteiger partial charge < -0.3 is 24.6 Å². The number of hydrogen-bond donors (Lipinski definition) is 2. The minimum absolute atomic E-state index is 0.293. The summed E-state index contributed by atoms with van der Waals surface area (Å²) in [6.07, 6.45) is -2.56. The van der Waals surface area contributed by atoms with E-state index in [0.29, 0.717) is 24.7 Å². The summed E-state index contributed by atoms with van der Waals surface area (Å²) in [4.78, 5) is 22.7. The number of ether oxygens (including phenoxy) is 3. The lowest BCUT2D eigenvalue weighted by Gasteiger charge is -2.18. The Morgan fingerprint density at radius 1 is 1.19 bits per heavy atom. The van der Waals surface area contributed by atoms with Gasteiger partial charge in [-0.25, -0.2) is 4.79 Å². The molecule has 0 saturated carbocycles. The smallest absolute Gasteiger partial charge is 0.493 e. The third kappa shape index (κ3) is 3.88. The predicted octanol–water partition coefficient (Wildman–Crippen LogP) is 2.55. The number of carbonyl (C=O) groups is 2. The van der Waals surface area contributed by atoms with Crippen LogP contribution in [0, 0.1) is 0 Å². The largest absolute Gasteiger partial charge is 0.506 e. The Balaban J connectivity index is 1.82. The molecule has 3 rings (SSSR count). The SMILES string of the molecule is COc1ccc(C2CNC(=O)C2OC(=O)O)cc1OCc1ccccc1. The third-order valence-electron chi connectivity index (χ3n) is 4.20. The Morgan fingerprint density at radius 3 is 2.65 bits per heavy atom. The highest BCUT2D eigenvalue weighted by Gasteiger charge is 2.39. The van der Waals surface area contributed by atoms with E-state index in [1.807, 2.05) is 30.3 Å². The number of carbonyl (C=O) groups excluding carboxylic acids is 1. The zero-order valence-electron chi connectivity index (χ0n) is 14.2. The van der Waals surface area contributed by atoms with Crippen LogP contribution in [0.5, 0.6) is 11.5 Å². The van der Waals surface area contributed by atoms with Gasteiger partial charge in [-0.1, -0.05) is 36.4 Å². The fraction of sp³-hybridized carbons (Fsp3) is 0.263. The van der Waals surface area contributed by atoms with Crippen LogP contribution in [0.15, 0.2) is 48.5 Å². The Labute approximate surface area is 150 Å². The fourth-order valence-corrected chi connectivity index (χ4v) is 2.91. The van der Waals surface area contributed by atoms with Crippen LogP contribution < -0.4 is 14.8 Å². The van der Waals surface area contributed by atoms with Gasteiger partial charge in [-0.05, 0) is 23.3 Å². The van der Waals surface area contributed by atoms with Crippen molar-refractivity contribution >= 4 is 12.1 Å². The summed E-state index contributed by atoms with van der Waals surface area (Å²) in [6, 6.07) is 14.9. The van der Waals surface area contributed by atoms with Gasteiger partial charge in [0.25, 0.3) is 5.91 Å². The number of rotatable bonds is 6. The van der Waals surface area contributed by atoms with Gasteiger partial charge in [0.2, 0.25) is 0 Å². The van der Waals surface area contributed by atoms with Crippen molar-refractivity contribution in [1.82, 2.24) is 5.32 Å². The summed E-state index contributed by atoms with van der Waals surface area (Å²) in [7, 11) is 1.54. The molecule has 1 fully saturated rings.